The number of rotatable bonds is 8. The molecule has 0 saturated carbocycles. The SMILES string of the molecule is CC(C)COc1cc(F)cc(-c2cnc(C(=O)NS(=O)(=O)c3cccc(N)n3)c(N3CCC(C)C3(C)C)n2)c1. The van der Waals surface area contributed by atoms with Gasteiger partial charge in [0, 0.05) is 23.7 Å². The second-order valence-corrected chi connectivity index (χ2v) is 12.3. The van der Waals surface area contributed by atoms with E-state index in [-0.39, 0.29) is 29.2 Å². The number of carbonyl (C=O) groups is 1. The second-order valence-electron chi connectivity index (χ2n) is 10.6. The summed E-state index contributed by atoms with van der Waals surface area (Å²) >= 11 is 0. The molecule has 1 fully saturated rings. The fourth-order valence-electron chi connectivity index (χ4n) is 4.34. The summed E-state index contributed by atoms with van der Waals surface area (Å²) in [5.41, 5.74) is 5.75. The summed E-state index contributed by atoms with van der Waals surface area (Å²) in [4.78, 5) is 28.1. The number of aromatic nitrogens is 3. The zero-order valence-corrected chi connectivity index (χ0v) is 23.4. The van der Waals surface area contributed by atoms with Gasteiger partial charge in [-0.15, -0.1) is 0 Å². The monoisotopic (exact) mass is 556 g/mol. The smallest absolute Gasteiger partial charge is 0.287 e. The minimum atomic E-state index is -4.34. The molecular weight excluding hydrogens is 523 g/mol. The Bertz CT molecular complexity index is 1500. The van der Waals surface area contributed by atoms with Crippen molar-refractivity contribution >= 4 is 27.6 Å². The Labute approximate surface area is 227 Å². The molecule has 10 nitrogen and oxygen atoms in total. The summed E-state index contributed by atoms with van der Waals surface area (Å²) in [5.74, 6) is -0.432. The van der Waals surface area contributed by atoms with Gasteiger partial charge in [0.15, 0.2) is 16.5 Å². The predicted molar refractivity (Wildman–Crippen MR) is 146 cm³/mol. The molecule has 1 unspecified atom stereocenters. The first-order valence-corrected chi connectivity index (χ1v) is 14.1. The maximum atomic E-state index is 14.5. The van der Waals surface area contributed by atoms with Gasteiger partial charge in [-0.25, -0.2) is 24.1 Å². The molecule has 3 N–H and O–H groups in total. The lowest BCUT2D eigenvalue weighted by molar-refractivity contribution is 0.0976. The van der Waals surface area contributed by atoms with Gasteiger partial charge < -0.3 is 15.4 Å². The third-order valence-corrected chi connectivity index (χ3v) is 8.14. The Morgan fingerprint density at radius 3 is 2.64 bits per heavy atom. The molecule has 3 aromatic rings. The third-order valence-electron chi connectivity index (χ3n) is 6.91. The first-order valence-electron chi connectivity index (χ1n) is 12.7. The van der Waals surface area contributed by atoms with Gasteiger partial charge in [0.1, 0.15) is 17.4 Å². The maximum absolute atomic E-state index is 14.5. The summed E-state index contributed by atoms with van der Waals surface area (Å²) in [7, 11) is -4.34. The Hall–Kier alpha value is -3.80. The zero-order valence-electron chi connectivity index (χ0n) is 22.6. The minimum absolute atomic E-state index is 0.00482. The highest BCUT2D eigenvalue weighted by Gasteiger charge is 2.41. The number of sulfonamides is 1. The molecule has 208 valence electrons. The number of carbonyl (C=O) groups excluding carboxylic acids is 1. The first-order chi connectivity index (χ1) is 18.3. The second kappa shape index (κ2) is 10.8. The molecule has 1 aliphatic heterocycles. The van der Waals surface area contributed by atoms with E-state index in [1.807, 2.05) is 37.3 Å². The normalized spacial score (nSPS) is 16.9. The van der Waals surface area contributed by atoms with E-state index in [0.29, 0.717) is 30.2 Å². The number of hydrogen-bond donors (Lipinski definition) is 2. The van der Waals surface area contributed by atoms with E-state index < -0.39 is 32.3 Å². The van der Waals surface area contributed by atoms with Crippen molar-refractivity contribution in [3.8, 4) is 17.0 Å². The number of hydrogen-bond acceptors (Lipinski definition) is 9. The Morgan fingerprint density at radius 1 is 1.26 bits per heavy atom. The van der Waals surface area contributed by atoms with Gasteiger partial charge in [-0.05, 0) is 56.4 Å². The van der Waals surface area contributed by atoms with Crippen LogP contribution in [0.25, 0.3) is 11.3 Å². The molecule has 0 aliphatic carbocycles. The molecule has 1 aliphatic rings. The molecule has 1 saturated heterocycles. The highest BCUT2D eigenvalue weighted by Crippen LogP contribution is 2.39. The van der Waals surface area contributed by atoms with Gasteiger partial charge in [0.05, 0.1) is 18.5 Å². The molecule has 1 amide bonds. The van der Waals surface area contributed by atoms with Crippen LogP contribution in [0.2, 0.25) is 0 Å². The standard InChI is InChI=1S/C27H33FN6O4S/c1-16(2)15-38-20-12-18(11-19(28)13-20)21-14-30-24(25(31-21)34-10-9-17(3)27(34,4)5)26(35)33-39(36,37)23-8-6-7-22(29)32-23/h6-8,11-14,16-17H,9-10,15H2,1-5H3,(H2,29,32)(H,33,35). The number of pyridine rings is 1. The average Bonchev–Trinajstić information content (AvgIpc) is 3.13. The molecule has 2 aromatic heterocycles. The largest absolute Gasteiger partial charge is 0.493 e. The van der Waals surface area contributed by atoms with Crippen LogP contribution in [0.1, 0.15) is 51.5 Å². The number of benzene rings is 1. The van der Waals surface area contributed by atoms with E-state index in [2.05, 4.69) is 16.9 Å². The van der Waals surface area contributed by atoms with E-state index in [4.69, 9.17) is 15.5 Å². The molecule has 39 heavy (non-hydrogen) atoms. The van der Waals surface area contributed by atoms with Crippen LogP contribution in [-0.2, 0) is 10.0 Å². The number of nitrogens with one attached hydrogen (secondary N) is 1. The van der Waals surface area contributed by atoms with Crippen LogP contribution in [0.15, 0.2) is 47.6 Å². The van der Waals surface area contributed by atoms with Crippen molar-refractivity contribution in [2.75, 3.05) is 23.8 Å². The number of halogens is 1. The van der Waals surface area contributed by atoms with Crippen molar-refractivity contribution in [3.05, 3.63) is 54.1 Å². The zero-order chi connectivity index (χ0) is 28.5. The van der Waals surface area contributed by atoms with Crippen molar-refractivity contribution in [2.24, 2.45) is 11.8 Å². The van der Waals surface area contributed by atoms with Crippen molar-refractivity contribution in [3.63, 3.8) is 0 Å². The van der Waals surface area contributed by atoms with E-state index in [0.717, 1.165) is 6.42 Å². The van der Waals surface area contributed by atoms with E-state index in [1.165, 1.54) is 36.5 Å². The lowest BCUT2D eigenvalue weighted by atomic mass is 9.90. The van der Waals surface area contributed by atoms with Gasteiger partial charge in [-0.2, -0.15) is 8.42 Å². The molecule has 12 heteroatoms. The van der Waals surface area contributed by atoms with Crippen LogP contribution < -0.4 is 20.1 Å². The predicted octanol–water partition coefficient (Wildman–Crippen LogP) is 4.04. The van der Waals surface area contributed by atoms with Crippen LogP contribution in [0, 0.1) is 17.7 Å². The van der Waals surface area contributed by atoms with Crippen molar-refractivity contribution in [1.82, 2.24) is 19.7 Å². The summed E-state index contributed by atoms with van der Waals surface area (Å²) in [6.07, 6.45) is 2.15. The van der Waals surface area contributed by atoms with Gasteiger partial charge in [-0.3, -0.25) is 4.79 Å². The summed E-state index contributed by atoms with van der Waals surface area (Å²) in [5, 5.41) is -0.397. The van der Waals surface area contributed by atoms with Crippen molar-refractivity contribution in [1.29, 1.82) is 0 Å². The molecule has 0 spiro atoms. The van der Waals surface area contributed by atoms with E-state index in [1.54, 1.807) is 6.07 Å². The van der Waals surface area contributed by atoms with E-state index in [9.17, 15) is 17.6 Å². The van der Waals surface area contributed by atoms with E-state index >= 15 is 0 Å². The van der Waals surface area contributed by atoms with Crippen LogP contribution in [-0.4, -0.2) is 48.0 Å². The Morgan fingerprint density at radius 2 is 2.00 bits per heavy atom. The number of amides is 1. The maximum Gasteiger partial charge on any atom is 0.287 e. The van der Waals surface area contributed by atoms with Crippen LogP contribution in [0.3, 0.4) is 0 Å². The summed E-state index contributed by atoms with van der Waals surface area (Å²) < 4.78 is 48.0. The number of anilines is 2. The fraction of sp³-hybridized carbons (Fsp3) is 0.407. The Kier molecular flexibility index (Phi) is 7.78. The molecule has 4 rings (SSSR count). The molecule has 1 atom stereocenters. The lowest BCUT2D eigenvalue weighted by Crippen LogP contribution is -2.44. The lowest BCUT2D eigenvalue weighted by Gasteiger charge is -2.36. The molecule has 1 aromatic carbocycles. The molecule has 0 bridgehead atoms. The quantitative estimate of drug-likeness (QED) is 0.421. The minimum Gasteiger partial charge on any atom is -0.493 e. The summed E-state index contributed by atoms with van der Waals surface area (Å²) in [6, 6.07) is 8.35. The highest BCUT2D eigenvalue weighted by atomic mass is 32.2. The highest BCUT2D eigenvalue weighted by molar-refractivity contribution is 7.90. The number of nitrogen functional groups attached to an aromatic ring is 1. The van der Waals surface area contributed by atoms with Gasteiger partial charge >= 0.3 is 0 Å². The van der Waals surface area contributed by atoms with Crippen LogP contribution >= 0.6 is 0 Å². The Balaban J connectivity index is 1.77. The molecular formula is C27H33FN6O4S. The average molecular weight is 557 g/mol. The van der Waals surface area contributed by atoms with Crippen LogP contribution in [0.4, 0.5) is 16.0 Å². The molecule has 0 radical (unpaired) electrons. The topological polar surface area (TPSA) is 140 Å². The van der Waals surface area contributed by atoms with Crippen molar-refractivity contribution < 1.29 is 22.3 Å². The van der Waals surface area contributed by atoms with Crippen molar-refractivity contribution in [2.45, 2.75) is 51.6 Å². The number of ether oxygens (including phenoxy) is 1. The first kappa shape index (κ1) is 28.2. The molecule has 3 heterocycles. The number of nitrogens with two attached hydrogens (primary N) is 1. The van der Waals surface area contributed by atoms with Crippen LogP contribution in [0.5, 0.6) is 5.75 Å². The fourth-order valence-corrected chi connectivity index (χ4v) is 5.26. The van der Waals surface area contributed by atoms with Gasteiger partial charge in [0.25, 0.3) is 15.9 Å². The summed E-state index contributed by atoms with van der Waals surface area (Å²) in [6.45, 7) is 11.1. The van der Waals surface area contributed by atoms with Gasteiger partial charge in [-0.1, -0.05) is 26.8 Å². The van der Waals surface area contributed by atoms with Gasteiger partial charge in [0.2, 0.25) is 0 Å². The number of nitrogens with zero attached hydrogens (tertiary/aromatic N) is 4. The third kappa shape index (κ3) is 6.11.